The van der Waals surface area contributed by atoms with Crippen LogP contribution in [-0.2, 0) is 15.9 Å². The third-order valence-electron chi connectivity index (χ3n) is 3.90. The van der Waals surface area contributed by atoms with Gasteiger partial charge in [0.1, 0.15) is 0 Å². The Labute approximate surface area is 120 Å². The molecule has 1 atom stereocenters. The molecule has 0 aliphatic carbocycles. The van der Waals surface area contributed by atoms with Crippen molar-refractivity contribution in [3.05, 3.63) is 35.4 Å². The van der Waals surface area contributed by atoms with Crippen molar-refractivity contribution in [1.29, 1.82) is 0 Å². The molecule has 0 spiro atoms. The van der Waals surface area contributed by atoms with Gasteiger partial charge in [0.15, 0.2) is 0 Å². The summed E-state index contributed by atoms with van der Waals surface area (Å²) in [6, 6.07) is 8.73. The highest BCUT2D eigenvalue weighted by atomic mass is 16.5. The fourth-order valence-corrected chi connectivity index (χ4v) is 2.68. The molecule has 2 aliphatic heterocycles. The van der Waals surface area contributed by atoms with E-state index in [0.29, 0.717) is 0 Å². The lowest BCUT2D eigenvalue weighted by molar-refractivity contribution is 0.0190. The fraction of sp³-hybridized carbons (Fsp3) is 0.562. The average molecular weight is 274 g/mol. The van der Waals surface area contributed by atoms with Gasteiger partial charge in [0.05, 0.1) is 32.5 Å². The number of nitrogens with zero attached hydrogens (tertiary/aromatic N) is 2. The maximum atomic E-state index is 5.79. The molecule has 4 nitrogen and oxygen atoms in total. The summed E-state index contributed by atoms with van der Waals surface area (Å²) in [6.07, 6.45) is 2.97. The van der Waals surface area contributed by atoms with Crippen molar-refractivity contribution in [3.8, 4) is 0 Å². The number of rotatable bonds is 5. The molecular weight excluding hydrogens is 252 g/mol. The van der Waals surface area contributed by atoms with Crippen LogP contribution in [0.1, 0.15) is 11.1 Å². The molecule has 4 heteroatoms. The van der Waals surface area contributed by atoms with E-state index in [1.54, 1.807) is 0 Å². The first-order valence-corrected chi connectivity index (χ1v) is 7.41. The van der Waals surface area contributed by atoms with Crippen LogP contribution >= 0.6 is 0 Å². The summed E-state index contributed by atoms with van der Waals surface area (Å²) in [6.45, 7) is 6.25. The topological polar surface area (TPSA) is 34.1 Å². The van der Waals surface area contributed by atoms with E-state index in [1.165, 1.54) is 11.1 Å². The van der Waals surface area contributed by atoms with Gasteiger partial charge in [0, 0.05) is 25.8 Å². The molecule has 0 radical (unpaired) electrons. The summed E-state index contributed by atoms with van der Waals surface area (Å²) in [5.41, 5.74) is 2.63. The molecule has 1 aromatic carbocycles. The molecule has 0 saturated carbocycles. The van der Waals surface area contributed by atoms with Gasteiger partial charge in [-0.3, -0.25) is 9.89 Å². The Balaban J connectivity index is 1.37. The number of ether oxygens (including phenoxy) is 2. The van der Waals surface area contributed by atoms with Gasteiger partial charge >= 0.3 is 0 Å². The van der Waals surface area contributed by atoms with Crippen LogP contribution in [0, 0.1) is 0 Å². The number of aliphatic imine (C=N–C) groups is 1. The molecule has 0 unspecified atom stereocenters. The van der Waals surface area contributed by atoms with Crippen molar-refractivity contribution < 1.29 is 9.47 Å². The third kappa shape index (κ3) is 3.66. The molecule has 20 heavy (non-hydrogen) atoms. The number of benzene rings is 1. The number of fused-ring (bicyclic) bond motifs is 1. The fourth-order valence-electron chi connectivity index (χ4n) is 2.68. The number of morpholine rings is 1. The van der Waals surface area contributed by atoms with E-state index >= 15 is 0 Å². The first-order valence-electron chi connectivity index (χ1n) is 7.41. The van der Waals surface area contributed by atoms with Gasteiger partial charge in [-0.1, -0.05) is 24.3 Å². The Bertz CT molecular complexity index is 456. The minimum Gasteiger partial charge on any atom is -0.379 e. The molecular formula is C16H22N2O2. The number of hydrogen-bond acceptors (Lipinski definition) is 4. The van der Waals surface area contributed by atoms with Gasteiger partial charge in [-0.2, -0.15) is 0 Å². The van der Waals surface area contributed by atoms with E-state index in [1.807, 2.05) is 6.21 Å². The predicted octanol–water partition coefficient (Wildman–Crippen LogP) is 1.38. The van der Waals surface area contributed by atoms with Gasteiger partial charge in [0.2, 0.25) is 0 Å². The Hall–Kier alpha value is -1.23. The second kappa shape index (κ2) is 6.97. The van der Waals surface area contributed by atoms with Gasteiger partial charge in [-0.25, -0.2) is 0 Å². The summed E-state index contributed by atoms with van der Waals surface area (Å²) in [5, 5.41) is 0. The molecule has 0 amide bonds. The lowest BCUT2D eigenvalue weighted by Gasteiger charge is -2.26. The van der Waals surface area contributed by atoms with Crippen molar-refractivity contribution in [2.24, 2.45) is 4.99 Å². The van der Waals surface area contributed by atoms with E-state index in [0.717, 1.165) is 52.5 Å². The molecule has 1 saturated heterocycles. The lowest BCUT2D eigenvalue weighted by Crippen LogP contribution is -2.38. The minimum absolute atomic E-state index is 0.273. The lowest BCUT2D eigenvalue weighted by atomic mass is 9.99. The predicted molar refractivity (Wildman–Crippen MR) is 79.6 cm³/mol. The van der Waals surface area contributed by atoms with Gasteiger partial charge in [-0.15, -0.1) is 0 Å². The van der Waals surface area contributed by atoms with Gasteiger partial charge in [-0.05, 0) is 17.5 Å². The molecule has 1 aromatic rings. The van der Waals surface area contributed by atoms with Crippen LogP contribution in [0.3, 0.4) is 0 Å². The second-order valence-electron chi connectivity index (χ2n) is 5.36. The van der Waals surface area contributed by atoms with Crippen molar-refractivity contribution in [3.63, 3.8) is 0 Å². The van der Waals surface area contributed by atoms with Crippen LogP contribution in [0.25, 0.3) is 0 Å². The zero-order valence-electron chi connectivity index (χ0n) is 11.8. The van der Waals surface area contributed by atoms with Crippen LogP contribution in [0.15, 0.2) is 29.3 Å². The first kappa shape index (κ1) is 13.7. The molecule has 1 fully saturated rings. The molecule has 2 heterocycles. The Morgan fingerprint density at radius 1 is 1.25 bits per heavy atom. The quantitative estimate of drug-likeness (QED) is 0.761. The molecule has 108 valence electrons. The van der Waals surface area contributed by atoms with E-state index in [9.17, 15) is 0 Å². The maximum Gasteiger partial charge on any atom is 0.0773 e. The van der Waals surface area contributed by atoms with Crippen molar-refractivity contribution in [2.45, 2.75) is 12.5 Å². The van der Waals surface area contributed by atoms with Crippen LogP contribution in [0.5, 0.6) is 0 Å². The van der Waals surface area contributed by atoms with E-state index in [4.69, 9.17) is 9.47 Å². The monoisotopic (exact) mass is 274 g/mol. The molecule has 0 aromatic heterocycles. The van der Waals surface area contributed by atoms with Crippen LogP contribution in [0.2, 0.25) is 0 Å². The van der Waals surface area contributed by atoms with Crippen molar-refractivity contribution in [2.75, 3.05) is 46.1 Å². The molecule has 3 rings (SSSR count). The largest absolute Gasteiger partial charge is 0.379 e. The smallest absolute Gasteiger partial charge is 0.0773 e. The maximum absolute atomic E-state index is 5.79. The zero-order chi connectivity index (χ0) is 13.6. The van der Waals surface area contributed by atoms with Crippen molar-refractivity contribution >= 4 is 6.21 Å². The summed E-state index contributed by atoms with van der Waals surface area (Å²) in [7, 11) is 0. The van der Waals surface area contributed by atoms with Gasteiger partial charge in [0.25, 0.3) is 0 Å². The van der Waals surface area contributed by atoms with E-state index in [-0.39, 0.29) is 6.04 Å². The third-order valence-corrected chi connectivity index (χ3v) is 3.90. The Kier molecular flexibility index (Phi) is 4.79. The summed E-state index contributed by atoms with van der Waals surface area (Å²) in [4.78, 5) is 6.96. The summed E-state index contributed by atoms with van der Waals surface area (Å²) < 4.78 is 11.1. The SMILES string of the molecule is C1=N[C@H](COCCN2CCOCC2)Cc2ccccc21. The molecule has 2 aliphatic rings. The zero-order valence-corrected chi connectivity index (χ0v) is 11.8. The standard InChI is InChI=1S/C16H22N2O2/c1-2-4-15-12-17-16(11-14(15)3-1)13-20-10-7-18-5-8-19-9-6-18/h1-4,12,16H,5-11,13H2/t16-/m0/s1. The first-order chi connectivity index (χ1) is 9.92. The Morgan fingerprint density at radius 3 is 3.00 bits per heavy atom. The molecule has 0 bridgehead atoms. The van der Waals surface area contributed by atoms with Crippen LogP contribution < -0.4 is 0 Å². The second-order valence-corrected chi connectivity index (χ2v) is 5.36. The summed E-state index contributed by atoms with van der Waals surface area (Å²) >= 11 is 0. The van der Waals surface area contributed by atoms with Gasteiger partial charge < -0.3 is 9.47 Å². The highest BCUT2D eigenvalue weighted by Gasteiger charge is 2.15. The van der Waals surface area contributed by atoms with Crippen LogP contribution in [-0.4, -0.2) is 63.2 Å². The summed E-state index contributed by atoms with van der Waals surface area (Å²) in [5.74, 6) is 0. The average Bonchev–Trinajstić information content (AvgIpc) is 2.52. The minimum atomic E-state index is 0.273. The molecule has 0 N–H and O–H groups in total. The van der Waals surface area contributed by atoms with E-state index in [2.05, 4.69) is 34.2 Å². The normalized spacial score (nSPS) is 22.7. The highest BCUT2D eigenvalue weighted by molar-refractivity contribution is 5.83. The van der Waals surface area contributed by atoms with Crippen molar-refractivity contribution in [1.82, 2.24) is 4.90 Å². The van der Waals surface area contributed by atoms with E-state index < -0.39 is 0 Å². The number of hydrogen-bond donors (Lipinski definition) is 0. The highest BCUT2D eigenvalue weighted by Crippen LogP contribution is 2.15. The Morgan fingerprint density at radius 2 is 2.10 bits per heavy atom. The van der Waals surface area contributed by atoms with Crippen LogP contribution in [0.4, 0.5) is 0 Å².